The van der Waals surface area contributed by atoms with E-state index in [2.05, 4.69) is 48.5 Å². The van der Waals surface area contributed by atoms with Crippen molar-refractivity contribution < 1.29 is 9.84 Å². The SMILES string of the molecule is CC1(C)CC[C@]23CC[C@]4(C)[C@H](CC[C@@H]5[C@@]6(C)CC[C@H](O)C(C)(C)[C@@H]6CC[C@]54C)[C@H]2C1OC3. The van der Waals surface area contributed by atoms with Crippen molar-refractivity contribution in [1.82, 2.24) is 0 Å². The predicted molar refractivity (Wildman–Crippen MR) is 130 cm³/mol. The zero-order valence-electron chi connectivity index (χ0n) is 22.1. The van der Waals surface area contributed by atoms with Crippen molar-refractivity contribution in [3.05, 3.63) is 0 Å². The Hall–Kier alpha value is -0.0800. The second kappa shape index (κ2) is 6.37. The Morgan fingerprint density at radius 3 is 2.16 bits per heavy atom. The lowest BCUT2D eigenvalue weighted by atomic mass is 9.31. The van der Waals surface area contributed by atoms with E-state index in [1.165, 1.54) is 57.8 Å². The van der Waals surface area contributed by atoms with E-state index in [4.69, 9.17) is 4.74 Å². The van der Waals surface area contributed by atoms with Crippen LogP contribution in [0, 0.1) is 56.2 Å². The van der Waals surface area contributed by atoms with Crippen molar-refractivity contribution in [2.24, 2.45) is 56.2 Å². The molecule has 1 aliphatic heterocycles. The smallest absolute Gasteiger partial charge is 0.0663 e. The van der Waals surface area contributed by atoms with Crippen LogP contribution in [0.2, 0.25) is 0 Å². The summed E-state index contributed by atoms with van der Waals surface area (Å²) in [5.41, 5.74) is 2.16. The summed E-state index contributed by atoms with van der Waals surface area (Å²) in [6.07, 6.45) is 13.7. The Morgan fingerprint density at radius 1 is 0.688 bits per heavy atom. The largest absolute Gasteiger partial charge is 0.393 e. The zero-order valence-corrected chi connectivity index (χ0v) is 22.1. The summed E-state index contributed by atoms with van der Waals surface area (Å²) in [5, 5.41) is 10.9. The molecule has 6 rings (SSSR count). The average molecular weight is 443 g/mol. The van der Waals surface area contributed by atoms with Gasteiger partial charge in [-0.2, -0.15) is 0 Å². The molecular formula is C30H50O2. The minimum absolute atomic E-state index is 0.0586. The highest BCUT2D eigenvalue weighted by atomic mass is 16.5. The van der Waals surface area contributed by atoms with Crippen LogP contribution >= 0.6 is 0 Å². The molecule has 0 aromatic rings. The van der Waals surface area contributed by atoms with Crippen molar-refractivity contribution in [1.29, 1.82) is 0 Å². The van der Waals surface area contributed by atoms with Crippen LogP contribution in [0.4, 0.5) is 0 Å². The van der Waals surface area contributed by atoms with Gasteiger partial charge < -0.3 is 9.84 Å². The summed E-state index contributed by atoms with van der Waals surface area (Å²) in [6.45, 7) is 18.9. The molecule has 32 heavy (non-hydrogen) atoms. The molecule has 0 radical (unpaired) electrons. The van der Waals surface area contributed by atoms with Crippen LogP contribution in [0.1, 0.15) is 113 Å². The van der Waals surface area contributed by atoms with Gasteiger partial charge in [0.05, 0.1) is 18.8 Å². The molecule has 6 fully saturated rings. The van der Waals surface area contributed by atoms with Crippen LogP contribution in [0.3, 0.4) is 0 Å². The lowest BCUT2D eigenvalue weighted by Crippen LogP contribution is -2.67. The monoisotopic (exact) mass is 442 g/mol. The maximum Gasteiger partial charge on any atom is 0.0663 e. The van der Waals surface area contributed by atoms with Crippen molar-refractivity contribution in [2.45, 2.75) is 125 Å². The van der Waals surface area contributed by atoms with E-state index in [9.17, 15) is 5.11 Å². The number of ether oxygens (including phenoxy) is 1. The first-order valence-electron chi connectivity index (χ1n) is 14.1. The molecule has 0 aromatic carbocycles. The topological polar surface area (TPSA) is 29.5 Å². The van der Waals surface area contributed by atoms with Gasteiger partial charge in [0, 0.05) is 0 Å². The van der Waals surface area contributed by atoms with Gasteiger partial charge >= 0.3 is 0 Å². The number of rotatable bonds is 0. The van der Waals surface area contributed by atoms with E-state index in [0.717, 1.165) is 30.8 Å². The van der Waals surface area contributed by atoms with Gasteiger partial charge in [-0.1, -0.05) is 48.5 Å². The van der Waals surface area contributed by atoms with Gasteiger partial charge in [0.2, 0.25) is 0 Å². The van der Waals surface area contributed by atoms with E-state index < -0.39 is 0 Å². The van der Waals surface area contributed by atoms with E-state index >= 15 is 0 Å². The Kier molecular flexibility index (Phi) is 4.46. The Balaban J connectivity index is 1.39. The van der Waals surface area contributed by atoms with E-state index in [0.29, 0.717) is 39.1 Å². The summed E-state index contributed by atoms with van der Waals surface area (Å²) in [4.78, 5) is 0. The highest BCUT2D eigenvalue weighted by Crippen LogP contribution is 2.78. The number of hydrogen-bond donors (Lipinski definition) is 1. The van der Waals surface area contributed by atoms with Gasteiger partial charge in [0.15, 0.2) is 0 Å². The van der Waals surface area contributed by atoms with Crippen molar-refractivity contribution >= 4 is 0 Å². The molecule has 6 aliphatic rings. The molecule has 1 saturated heterocycles. The summed E-state index contributed by atoms with van der Waals surface area (Å²) < 4.78 is 6.71. The summed E-state index contributed by atoms with van der Waals surface area (Å²) in [6, 6.07) is 0. The van der Waals surface area contributed by atoms with Gasteiger partial charge in [0.25, 0.3) is 0 Å². The molecule has 10 atom stereocenters. The minimum Gasteiger partial charge on any atom is -0.393 e. The van der Waals surface area contributed by atoms with Crippen molar-refractivity contribution in [3.63, 3.8) is 0 Å². The second-order valence-corrected chi connectivity index (χ2v) is 15.7. The third kappa shape index (κ3) is 2.41. The van der Waals surface area contributed by atoms with Gasteiger partial charge in [-0.25, -0.2) is 0 Å². The zero-order chi connectivity index (χ0) is 22.9. The highest BCUT2D eigenvalue weighted by molar-refractivity contribution is 5.21. The fourth-order valence-electron chi connectivity index (χ4n) is 12.0. The molecule has 2 heteroatoms. The molecule has 1 N–H and O–H groups in total. The van der Waals surface area contributed by atoms with Crippen LogP contribution in [-0.2, 0) is 4.74 Å². The van der Waals surface area contributed by atoms with Gasteiger partial charge in [-0.3, -0.25) is 0 Å². The fourth-order valence-corrected chi connectivity index (χ4v) is 12.0. The number of aliphatic hydroxyl groups excluding tert-OH is 1. The summed E-state index contributed by atoms with van der Waals surface area (Å²) in [5.74, 6) is 3.11. The van der Waals surface area contributed by atoms with Crippen LogP contribution < -0.4 is 0 Å². The number of fused-ring (bicyclic) bond motifs is 5. The third-order valence-electron chi connectivity index (χ3n) is 14.1. The number of aliphatic hydroxyl groups is 1. The van der Waals surface area contributed by atoms with Gasteiger partial charge in [-0.05, 0) is 120 Å². The molecular weight excluding hydrogens is 392 g/mol. The molecule has 5 saturated carbocycles. The summed E-state index contributed by atoms with van der Waals surface area (Å²) >= 11 is 0. The second-order valence-electron chi connectivity index (χ2n) is 15.7. The standard InChI is InChI=1S/C30H50O2/c1-25(2)14-16-30-17-15-28(6)19(23(30)24(25)32-18-30)8-9-21-27(5)12-11-22(31)26(3,4)20(27)10-13-29(21,28)7/h19-24,31H,8-18H2,1-7H3/t19-,20+,21-,22+,23+,24?,27+,28-,29-,30-/m1/s1. The average Bonchev–Trinajstić information content (AvgIpc) is 3.05. The van der Waals surface area contributed by atoms with E-state index in [1.807, 2.05) is 0 Å². The fraction of sp³-hybridized carbons (Fsp3) is 1.00. The molecule has 1 heterocycles. The molecule has 2 bridgehead atoms. The molecule has 1 unspecified atom stereocenters. The molecule has 5 aliphatic carbocycles. The number of hydrogen-bond acceptors (Lipinski definition) is 2. The Labute approximate surface area is 197 Å². The first-order chi connectivity index (χ1) is 14.8. The molecule has 0 aromatic heterocycles. The molecule has 0 spiro atoms. The molecule has 2 nitrogen and oxygen atoms in total. The Bertz CT molecular complexity index is 801. The first-order valence-corrected chi connectivity index (χ1v) is 14.1. The highest BCUT2D eigenvalue weighted by Gasteiger charge is 2.72. The summed E-state index contributed by atoms with van der Waals surface area (Å²) in [7, 11) is 0. The Morgan fingerprint density at radius 2 is 1.41 bits per heavy atom. The van der Waals surface area contributed by atoms with Crippen LogP contribution in [0.5, 0.6) is 0 Å². The molecule has 0 amide bonds. The van der Waals surface area contributed by atoms with Crippen molar-refractivity contribution in [2.75, 3.05) is 6.61 Å². The molecule has 182 valence electrons. The lowest BCUT2D eigenvalue weighted by molar-refractivity contribution is -0.252. The normalized spacial score (nSPS) is 60.0. The quantitative estimate of drug-likeness (QED) is 0.428. The third-order valence-corrected chi connectivity index (χ3v) is 14.1. The van der Waals surface area contributed by atoms with E-state index in [-0.39, 0.29) is 11.5 Å². The van der Waals surface area contributed by atoms with Crippen LogP contribution in [0.15, 0.2) is 0 Å². The van der Waals surface area contributed by atoms with Gasteiger partial charge in [-0.15, -0.1) is 0 Å². The van der Waals surface area contributed by atoms with E-state index in [1.54, 1.807) is 0 Å². The predicted octanol–water partition coefficient (Wildman–Crippen LogP) is 7.24. The maximum atomic E-state index is 10.9. The van der Waals surface area contributed by atoms with Crippen LogP contribution in [-0.4, -0.2) is 23.9 Å². The van der Waals surface area contributed by atoms with Gasteiger partial charge in [0.1, 0.15) is 0 Å². The minimum atomic E-state index is -0.122. The maximum absolute atomic E-state index is 10.9. The first kappa shape index (κ1) is 22.4. The van der Waals surface area contributed by atoms with Crippen molar-refractivity contribution in [3.8, 4) is 0 Å². The lowest BCUT2D eigenvalue weighted by Gasteiger charge is -2.73. The van der Waals surface area contributed by atoms with Crippen LogP contribution in [0.25, 0.3) is 0 Å².